The highest BCUT2D eigenvalue weighted by Gasteiger charge is 2.40. The summed E-state index contributed by atoms with van der Waals surface area (Å²) in [4.78, 5) is 28.7. The fourth-order valence-corrected chi connectivity index (χ4v) is 3.53. The van der Waals surface area contributed by atoms with Crippen molar-refractivity contribution in [2.45, 2.75) is 46.6 Å². The Labute approximate surface area is 203 Å². The first-order valence-electron chi connectivity index (χ1n) is 11.0. The molecule has 0 spiro atoms. The fraction of sp³-hybridized carbons (Fsp3) is 0.417. The van der Waals surface area contributed by atoms with Crippen LogP contribution >= 0.6 is 11.6 Å². The quantitative estimate of drug-likeness (QED) is 0.474. The molecule has 3 N–H and O–H groups in total. The van der Waals surface area contributed by atoms with E-state index < -0.39 is 29.6 Å². The molecule has 0 saturated carbocycles. The van der Waals surface area contributed by atoms with E-state index in [9.17, 15) is 19.1 Å². The lowest BCUT2D eigenvalue weighted by Gasteiger charge is -2.43. The van der Waals surface area contributed by atoms with Crippen molar-refractivity contribution in [1.82, 2.24) is 15.1 Å². The molecule has 8 nitrogen and oxygen atoms in total. The summed E-state index contributed by atoms with van der Waals surface area (Å²) in [6.45, 7) is 7.08. The summed E-state index contributed by atoms with van der Waals surface area (Å²) in [7, 11) is 0. The second-order valence-corrected chi connectivity index (χ2v) is 9.69. The number of hydrogen-bond donors (Lipinski definition) is 3. The van der Waals surface area contributed by atoms with E-state index in [1.165, 1.54) is 17.0 Å². The maximum Gasteiger partial charge on any atom is 0.331 e. The number of carbonyl (C=O) groups excluding carboxylic acids is 2. The highest BCUT2D eigenvalue weighted by Crippen LogP contribution is 2.26. The summed E-state index contributed by atoms with van der Waals surface area (Å²) in [5.41, 5.74) is 0.458. The first-order valence-corrected chi connectivity index (χ1v) is 11.3. The van der Waals surface area contributed by atoms with Crippen LogP contribution in [0.3, 0.4) is 0 Å². The molecule has 4 amide bonds. The molecule has 2 aromatic carbocycles. The number of nitrogens with one attached hydrogen (secondary N) is 2. The zero-order chi connectivity index (χ0) is 25.0. The molecule has 1 heterocycles. The van der Waals surface area contributed by atoms with Crippen molar-refractivity contribution in [2.75, 3.05) is 18.5 Å². The SMILES string of the molecule is CC(C)Oc1ccc(NC2NC(=O)N(CC(C)(C)CO)C(=O)N2Cc2ccc(Cl)cc2)cc1F. The first kappa shape index (κ1) is 25.6. The molecule has 1 saturated heterocycles. The zero-order valence-corrected chi connectivity index (χ0v) is 20.4. The molecule has 3 rings (SSSR count). The molecule has 184 valence electrons. The third kappa shape index (κ3) is 6.30. The van der Waals surface area contributed by atoms with Gasteiger partial charge < -0.3 is 15.2 Å². The number of rotatable bonds is 9. The maximum atomic E-state index is 14.5. The average Bonchev–Trinajstić information content (AvgIpc) is 2.77. The summed E-state index contributed by atoms with van der Waals surface area (Å²) in [6, 6.07) is 10.2. The van der Waals surface area contributed by atoms with Crippen molar-refractivity contribution in [3.05, 3.63) is 58.9 Å². The Hall–Kier alpha value is -3.04. The van der Waals surface area contributed by atoms with Gasteiger partial charge in [-0.15, -0.1) is 0 Å². The largest absolute Gasteiger partial charge is 0.488 e. The molecule has 1 unspecified atom stereocenters. The number of aliphatic hydroxyl groups excluding tert-OH is 1. The van der Waals surface area contributed by atoms with Crippen molar-refractivity contribution in [3.8, 4) is 5.75 Å². The van der Waals surface area contributed by atoms with Crippen LogP contribution in [-0.2, 0) is 6.54 Å². The van der Waals surface area contributed by atoms with Gasteiger partial charge in [0.15, 0.2) is 17.9 Å². The van der Waals surface area contributed by atoms with Crippen LogP contribution in [0.1, 0.15) is 33.3 Å². The number of halogens is 2. The van der Waals surface area contributed by atoms with E-state index in [1.54, 1.807) is 58.0 Å². The monoisotopic (exact) mass is 492 g/mol. The standard InChI is InChI=1S/C24H30ClFN4O4/c1-15(2)34-20-10-9-18(11-19(20)26)27-21-28-22(32)30(13-24(3,4)14-31)23(33)29(21)12-16-5-7-17(25)8-6-16/h5-11,15,21,27,31H,12-14H2,1-4H3,(H,28,32). The number of ether oxygens (including phenoxy) is 1. The summed E-state index contributed by atoms with van der Waals surface area (Å²) in [5, 5.41) is 16.0. The van der Waals surface area contributed by atoms with Crippen LogP contribution in [0.15, 0.2) is 42.5 Å². The minimum atomic E-state index is -0.944. The van der Waals surface area contributed by atoms with Crippen molar-refractivity contribution in [2.24, 2.45) is 5.41 Å². The molecule has 0 aliphatic carbocycles. The van der Waals surface area contributed by atoms with E-state index in [1.807, 2.05) is 0 Å². The van der Waals surface area contributed by atoms with E-state index in [-0.39, 0.29) is 31.5 Å². The smallest absolute Gasteiger partial charge is 0.331 e. The molecule has 0 radical (unpaired) electrons. The number of aliphatic hydroxyl groups is 1. The summed E-state index contributed by atoms with van der Waals surface area (Å²) >= 11 is 5.98. The summed E-state index contributed by atoms with van der Waals surface area (Å²) in [6.07, 6.45) is -1.13. The summed E-state index contributed by atoms with van der Waals surface area (Å²) in [5.74, 6) is -0.456. The molecule has 1 atom stereocenters. The Bertz CT molecular complexity index is 1030. The molecule has 1 fully saturated rings. The van der Waals surface area contributed by atoms with Crippen LogP contribution in [0.2, 0.25) is 5.02 Å². The summed E-state index contributed by atoms with van der Waals surface area (Å²) < 4.78 is 19.9. The maximum absolute atomic E-state index is 14.5. The number of benzene rings is 2. The van der Waals surface area contributed by atoms with Crippen LogP contribution in [0.5, 0.6) is 5.75 Å². The minimum absolute atomic E-state index is 0.0217. The van der Waals surface area contributed by atoms with Crippen LogP contribution < -0.4 is 15.4 Å². The first-order chi connectivity index (χ1) is 16.0. The van der Waals surface area contributed by atoms with Crippen molar-refractivity contribution in [3.63, 3.8) is 0 Å². The van der Waals surface area contributed by atoms with Crippen molar-refractivity contribution in [1.29, 1.82) is 0 Å². The number of urea groups is 2. The highest BCUT2D eigenvalue weighted by atomic mass is 35.5. The van der Waals surface area contributed by atoms with E-state index in [0.717, 1.165) is 10.5 Å². The topological polar surface area (TPSA) is 94.1 Å². The van der Waals surface area contributed by atoms with Gasteiger partial charge in [0, 0.05) is 35.3 Å². The molecule has 1 aliphatic heterocycles. The van der Waals surface area contributed by atoms with Crippen LogP contribution in [-0.4, -0.2) is 52.5 Å². The van der Waals surface area contributed by atoms with Crippen molar-refractivity contribution >= 4 is 29.4 Å². The molecule has 2 aromatic rings. The Morgan fingerprint density at radius 1 is 1.21 bits per heavy atom. The lowest BCUT2D eigenvalue weighted by Crippen LogP contribution is -2.68. The minimum Gasteiger partial charge on any atom is -0.488 e. The van der Waals surface area contributed by atoms with Gasteiger partial charge in [-0.05, 0) is 43.7 Å². The average molecular weight is 493 g/mol. The number of anilines is 1. The normalized spacial score (nSPS) is 16.6. The molecule has 1 aliphatic rings. The van der Waals surface area contributed by atoms with Gasteiger partial charge >= 0.3 is 12.1 Å². The van der Waals surface area contributed by atoms with Crippen LogP contribution in [0, 0.1) is 11.2 Å². The number of carbonyl (C=O) groups is 2. The van der Waals surface area contributed by atoms with E-state index in [2.05, 4.69) is 10.6 Å². The Balaban J connectivity index is 1.87. The van der Waals surface area contributed by atoms with Gasteiger partial charge in [0.2, 0.25) is 0 Å². The molecule has 0 bridgehead atoms. The molecular weight excluding hydrogens is 463 g/mol. The van der Waals surface area contributed by atoms with Gasteiger partial charge in [-0.1, -0.05) is 37.6 Å². The molecule has 0 aromatic heterocycles. The Morgan fingerprint density at radius 2 is 1.88 bits per heavy atom. The van der Waals surface area contributed by atoms with Gasteiger partial charge in [0.05, 0.1) is 12.6 Å². The van der Waals surface area contributed by atoms with E-state index in [4.69, 9.17) is 16.3 Å². The van der Waals surface area contributed by atoms with Gasteiger partial charge in [-0.2, -0.15) is 0 Å². The number of imide groups is 1. The number of nitrogens with zero attached hydrogens (tertiary/aromatic N) is 2. The molecule has 34 heavy (non-hydrogen) atoms. The van der Waals surface area contributed by atoms with Gasteiger partial charge in [-0.3, -0.25) is 10.2 Å². The van der Waals surface area contributed by atoms with E-state index in [0.29, 0.717) is 10.7 Å². The number of amides is 4. The highest BCUT2D eigenvalue weighted by molar-refractivity contribution is 6.30. The third-order valence-electron chi connectivity index (χ3n) is 5.17. The lowest BCUT2D eigenvalue weighted by molar-refractivity contribution is 0.0766. The van der Waals surface area contributed by atoms with E-state index >= 15 is 0 Å². The van der Waals surface area contributed by atoms with Crippen LogP contribution in [0.4, 0.5) is 19.7 Å². The second-order valence-electron chi connectivity index (χ2n) is 9.25. The molecular formula is C24H30ClFN4O4. The predicted molar refractivity (Wildman–Crippen MR) is 128 cm³/mol. The van der Waals surface area contributed by atoms with Gasteiger partial charge in [0.1, 0.15) is 0 Å². The zero-order valence-electron chi connectivity index (χ0n) is 19.6. The lowest BCUT2D eigenvalue weighted by atomic mass is 9.94. The Kier molecular flexibility index (Phi) is 7.89. The third-order valence-corrected chi connectivity index (χ3v) is 5.42. The van der Waals surface area contributed by atoms with Gasteiger partial charge in [0.25, 0.3) is 0 Å². The molecule has 10 heteroatoms. The predicted octanol–water partition coefficient (Wildman–Crippen LogP) is 4.63. The van der Waals surface area contributed by atoms with Gasteiger partial charge in [-0.25, -0.2) is 18.9 Å². The fourth-order valence-electron chi connectivity index (χ4n) is 3.40. The Morgan fingerprint density at radius 3 is 2.47 bits per heavy atom. The number of hydrogen-bond acceptors (Lipinski definition) is 5. The second kappa shape index (κ2) is 10.5. The van der Waals surface area contributed by atoms with Crippen molar-refractivity contribution < 1.29 is 23.8 Å². The van der Waals surface area contributed by atoms with Crippen LogP contribution in [0.25, 0.3) is 0 Å².